The minimum Gasteiger partial charge on any atom is -0.462 e. The van der Waals surface area contributed by atoms with Gasteiger partial charge in [-0.15, -0.1) is 0 Å². The van der Waals surface area contributed by atoms with Gasteiger partial charge in [-0.05, 0) is 67.1 Å². The maximum atomic E-state index is 12.2. The predicted molar refractivity (Wildman–Crippen MR) is 105 cm³/mol. The first-order valence-electron chi connectivity index (χ1n) is 11.3. The summed E-state index contributed by atoms with van der Waals surface area (Å²) in [5.41, 5.74) is 2.03. The van der Waals surface area contributed by atoms with Crippen LogP contribution < -0.4 is 0 Å². The average Bonchev–Trinajstić information content (AvgIpc) is 3.08. The van der Waals surface area contributed by atoms with Crippen LogP contribution in [0.5, 0.6) is 0 Å². The smallest absolute Gasteiger partial charge is 0.309 e. The van der Waals surface area contributed by atoms with Gasteiger partial charge in [-0.1, -0.05) is 32.4 Å². The minimum atomic E-state index is -0.155. The molecule has 3 saturated carbocycles. The Morgan fingerprint density at radius 2 is 2.00 bits per heavy atom. The molecule has 28 heavy (non-hydrogen) atoms. The molecular formula is C24H34O4. The molecule has 4 nitrogen and oxygen atoms in total. The van der Waals surface area contributed by atoms with E-state index in [9.17, 15) is 9.59 Å². The molecule has 0 spiro atoms. The molecule has 1 aliphatic heterocycles. The highest BCUT2D eigenvalue weighted by molar-refractivity contribution is 5.75. The second-order valence-electron chi connectivity index (χ2n) is 10.8. The van der Waals surface area contributed by atoms with E-state index >= 15 is 0 Å². The van der Waals surface area contributed by atoms with Crippen LogP contribution in [0.2, 0.25) is 0 Å². The number of ether oxygens (including phenoxy) is 2. The third-order valence-electron chi connectivity index (χ3n) is 9.66. The van der Waals surface area contributed by atoms with E-state index in [0.717, 1.165) is 32.1 Å². The molecule has 1 heterocycles. The van der Waals surface area contributed by atoms with E-state index in [0.29, 0.717) is 23.7 Å². The number of carbonyl (C=O) groups excluding carboxylic acids is 2. The molecule has 1 saturated heterocycles. The van der Waals surface area contributed by atoms with E-state index in [1.807, 2.05) is 0 Å². The number of allylic oxidation sites excluding steroid dienone is 1. The summed E-state index contributed by atoms with van der Waals surface area (Å²) in [6, 6.07) is 0. The number of rotatable bonds is 1. The molecular weight excluding hydrogens is 352 g/mol. The molecule has 0 bridgehead atoms. The van der Waals surface area contributed by atoms with Gasteiger partial charge in [-0.3, -0.25) is 9.59 Å². The molecule has 0 radical (unpaired) electrons. The van der Waals surface area contributed by atoms with Crippen LogP contribution in [0.4, 0.5) is 0 Å². The maximum absolute atomic E-state index is 12.2. The zero-order valence-corrected chi connectivity index (χ0v) is 17.7. The van der Waals surface area contributed by atoms with Gasteiger partial charge < -0.3 is 9.47 Å². The van der Waals surface area contributed by atoms with Crippen molar-refractivity contribution in [2.24, 2.45) is 40.4 Å². The minimum absolute atomic E-state index is 0.0263. The fraction of sp³-hybridized carbons (Fsp3) is 0.833. The Balaban J connectivity index is 1.42. The van der Waals surface area contributed by atoms with Crippen LogP contribution in [-0.2, 0) is 19.1 Å². The lowest BCUT2D eigenvalue weighted by Gasteiger charge is -2.58. The van der Waals surface area contributed by atoms with Gasteiger partial charge in [0.2, 0.25) is 0 Å². The lowest BCUT2D eigenvalue weighted by Crippen LogP contribution is -2.51. The van der Waals surface area contributed by atoms with Crippen LogP contribution >= 0.6 is 0 Å². The van der Waals surface area contributed by atoms with Crippen LogP contribution in [-0.4, -0.2) is 24.1 Å². The largest absolute Gasteiger partial charge is 0.462 e. The first-order chi connectivity index (χ1) is 13.2. The number of fused-ring (bicyclic) bond motifs is 7. The highest BCUT2D eigenvalue weighted by atomic mass is 16.6. The molecule has 4 aliphatic carbocycles. The summed E-state index contributed by atoms with van der Waals surface area (Å²) >= 11 is 0. The van der Waals surface area contributed by atoms with Gasteiger partial charge in [0.05, 0.1) is 5.92 Å². The molecule has 5 aliphatic rings. The SMILES string of the molecule is CC(=O)O[C@H]1CC[C@@]2(C)C(=CC[C@H]3[C@H]4C[C@@H]5OC(=O)[C@@H](C)[C@@H]5[C@@]4(C)CC[C@H]32)C1. The van der Waals surface area contributed by atoms with Crippen molar-refractivity contribution in [2.45, 2.75) is 84.8 Å². The Bertz CT molecular complexity index is 741. The molecule has 0 amide bonds. The number of carbonyl (C=O) groups is 2. The summed E-state index contributed by atoms with van der Waals surface area (Å²) in [5, 5.41) is 0. The zero-order chi connectivity index (χ0) is 19.8. The molecule has 4 heteroatoms. The van der Waals surface area contributed by atoms with Crippen molar-refractivity contribution in [2.75, 3.05) is 0 Å². The third kappa shape index (κ3) is 2.42. The summed E-state index contributed by atoms with van der Waals surface area (Å²) in [6.45, 7) is 8.53. The maximum Gasteiger partial charge on any atom is 0.309 e. The van der Waals surface area contributed by atoms with Crippen LogP contribution in [0, 0.1) is 40.4 Å². The standard InChI is InChI=1S/C24H34O4/c1-13-21-20(28-22(13)26)12-19-17-6-5-15-11-16(27-14(2)25)7-9-23(15,3)18(17)8-10-24(19,21)4/h5,13,16-21H,6-12H2,1-4H3/t13-,16-,17+,18+,19+,20-,21-,23-,24-/m0/s1. The highest BCUT2D eigenvalue weighted by Gasteiger charge is 2.65. The Morgan fingerprint density at radius 3 is 2.75 bits per heavy atom. The Kier molecular flexibility index (Phi) is 4.07. The molecule has 5 rings (SSSR count). The fourth-order valence-electron chi connectivity index (χ4n) is 8.41. The van der Waals surface area contributed by atoms with E-state index in [2.05, 4.69) is 26.8 Å². The van der Waals surface area contributed by atoms with Crippen molar-refractivity contribution < 1.29 is 19.1 Å². The summed E-state index contributed by atoms with van der Waals surface area (Å²) in [7, 11) is 0. The summed E-state index contributed by atoms with van der Waals surface area (Å²) < 4.78 is 11.4. The molecule has 0 N–H and O–H groups in total. The highest BCUT2D eigenvalue weighted by Crippen LogP contribution is 2.68. The lowest BCUT2D eigenvalue weighted by molar-refractivity contribution is -0.148. The van der Waals surface area contributed by atoms with Crippen molar-refractivity contribution in [3.8, 4) is 0 Å². The normalized spacial score (nSPS) is 51.9. The molecule has 154 valence electrons. The summed E-state index contributed by atoms with van der Waals surface area (Å²) in [4.78, 5) is 23.6. The molecule has 9 atom stereocenters. The zero-order valence-electron chi connectivity index (χ0n) is 17.7. The number of esters is 2. The van der Waals surface area contributed by atoms with Gasteiger partial charge in [0.25, 0.3) is 0 Å². The van der Waals surface area contributed by atoms with Gasteiger partial charge in [0.1, 0.15) is 12.2 Å². The Labute approximate surface area is 168 Å². The van der Waals surface area contributed by atoms with E-state index in [4.69, 9.17) is 9.47 Å². The van der Waals surface area contributed by atoms with Crippen molar-refractivity contribution in [1.82, 2.24) is 0 Å². The van der Waals surface area contributed by atoms with Crippen LogP contribution in [0.3, 0.4) is 0 Å². The Hall–Kier alpha value is -1.32. The van der Waals surface area contributed by atoms with Gasteiger partial charge in [0, 0.05) is 19.3 Å². The predicted octanol–water partition coefficient (Wildman–Crippen LogP) is 4.67. The van der Waals surface area contributed by atoms with Gasteiger partial charge in [0.15, 0.2) is 0 Å². The second-order valence-corrected chi connectivity index (χ2v) is 10.8. The van der Waals surface area contributed by atoms with Crippen LogP contribution in [0.15, 0.2) is 11.6 Å². The molecule has 0 unspecified atom stereocenters. The van der Waals surface area contributed by atoms with E-state index in [1.54, 1.807) is 0 Å². The molecule has 0 aromatic rings. The molecule has 0 aromatic heterocycles. The molecule has 0 aromatic carbocycles. The van der Waals surface area contributed by atoms with Gasteiger partial charge in [-0.25, -0.2) is 0 Å². The first kappa shape index (κ1) is 18.7. The monoisotopic (exact) mass is 386 g/mol. The summed E-state index contributed by atoms with van der Waals surface area (Å²) in [6.07, 6.45) is 10.4. The average molecular weight is 387 g/mol. The number of hydrogen-bond acceptors (Lipinski definition) is 4. The number of hydrogen-bond donors (Lipinski definition) is 0. The van der Waals surface area contributed by atoms with Gasteiger partial charge >= 0.3 is 11.9 Å². The van der Waals surface area contributed by atoms with Crippen molar-refractivity contribution in [3.63, 3.8) is 0 Å². The van der Waals surface area contributed by atoms with Crippen molar-refractivity contribution in [1.29, 1.82) is 0 Å². The van der Waals surface area contributed by atoms with E-state index < -0.39 is 0 Å². The second kappa shape index (κ2) is 6.09. The van der Waals surface area contributed by atoms with Crippen molar-refractivity contribution >= 4 is 11.9 Å². The Morgan fingerprint density at radius 1 is 1.21 bits per heavy atom. The quantitative estimate of drug-likeness (QED) is 0.485. The fourth-order valence-corrected chi connectivity index (χ4v) is 8.41. The molecule has 4 fully saturated rings. The van der Waals surface area contributed by atoms with Crippen molar-refractivity contribution in [3.05, 3.63) is 11.6 Å². The van der Waals surface area contributed by atoms with Crippen LogP contribution in [0.1, 0.15) is 72.6 Å². The van der Waals surface area contributed by atoms with Crippen LogP contribution in [0.25, 0.3) is 0 Å². The summed E-state index contributed by atoms with van der Waals surface area (Å²) in [5.74, 6) is 2.42. The van der Waals surface area contributed by atoms with E-state index in [-0.39, 0.29) is 40.9 Å². The van der Waals surface area contributed by atoms with Gasteiger partial charge in [-0.2, -0.15) is 0 Å². The first-order valence-corrected chi connectivity index (χ1v) is 11.3. The van der Waals surface area contributed by atoms with E-state index in [1.165, 1.54) is 25.3 Å². The lowest BCUT2D eigenvalue weighted by atomic mass is 9.47. The third-order valence-corrected chi connectivity index (χ3v) is 9.66. The topological polar surface area (TPSA) is 52.6 Å².